The third-order valence-electron chi connectivity index (χ3n) is 4.31. The number of nitrogens with one attached hydrogen (secondary N) is 1. The van der Waals surface area contributed by atoms with Crippen LogP contribution in [-0.4, -0.2) is 49.5 Å². The van der Waals surface area contributed by atoms with Gasteiger partial charge in [-0.2, -0.15) is 0 Å². The van der Waals surface area contributed by atoms with E-state index in [2.05, 4.69) is 10.3 Å². The SMILES string of the molecule is COc1ccc(-c2nc(C(=O)N(C)CC(=O)Nc3c(Cl)cccc3Cl)cs2)cc1OC. The molecule has 0 aliphatic rings. The molecule has 3 rings (SSSR count). The van der Waals surface area contributed by atoms with Crippen LogP contribution in [0.15, 0.2) is 41.8 Å². The maximum atomic E-state index is 12.7. The Bertz CT molecular complexity index is 1100. The summed E-state index contributed by atoms with van der Waals surface area (Å²) >= 11 is 13.4. The minimum absolute atomic E-state index is 0.191. The van der Waals surface area contributed by atoms with E-state index in [4.69, 9.17) is 32.7 Å². The number of hydrogen-bond acceptors (Lipinski definition) is 6. The predicted molar refractivity (Wildman–Crippen MR) is 123 cm³/mol. The topological polar surface area (TPSA) is 80.8 Å². The molecule has 2 aromatic carbocycles. The number of halogens is 2. The summed E-state index contributed by atoms with van der Waals surface area (Å²) in [5.41, 5.74) is 1.33. The van der Waals surface area contributed by atoms with Crippen molar-refractivity contribution in [2.75, 3.05) is 33.1 Å². The highest BCUT2D eigenvalue weighted by atomic mass is 35.5. The smallest absolute Gasteiger partial charge is 0.273 e. The largest absolute Gasteiger partial charge is 0.493 e. The van der Waals surface area contributed by atoms with E-state index in [-0.39, 0.29) is 18.1 Å². The molecule has 0 fully saturated rings. The fourth-order valence-electron chi connectivity index (χ4n) is 2.75. The highest BCUT2D eigenvalue weighted by Gasteiger charge is 2.20. The maximum absolute atomic E-state index is 12.7. The second-order valence-electron chi connectivity index (χ2n) is 6.41. The zero-order valence-electron chi connectivity index (χ0n) is 16.9. The van der Waals surface area contributed by atoms with E-state index < -0.39 is 5.91 Å². The molecule has 31 heavy (non-hydrogen) atoms. The summed E-state index contributed by atoms with van der Waals surface area (Å²) < 4.78 is 10.6. The summed E-state index contributed by atoms with van der Waals surface area (Å²) in [6.45, 7) is -0.191. The van der Waals surface area contributed by atoms with E-state index in [0.717, 1.165) is 5.56 Å². The van der Waals surface area contributed by atoms with Crippen molar-refractivity contribution in [2.24, 2.45) is 0 Å². The Morgan fingerprint density at radius 2 is 1.77 bits per heavy atom. The van der Waals surface area contributed by atoms with Crippen molar-refractivity contribution in [3.8, 4) is 22.1 Å². The molecule has 0 saturated carbocycles. The van der Waals surface area contributed by atoms with Crippen LogP contribution in [-0.2, 0) is 4.79 Å². The van der Waals surface area contributed by atoms with E-state index >= 15 is 0 Å². The van der Waals surface area contributed by atoms with Crippen LogP contribution < -0.4 is 14.8 Å². The van der Waals surface area contributed by atoms with Gasteiger partial charge in [0, 0.05) is 18.0 Å². The summed E-state index contributed by atoms with van der Waals surface area (Å²) in [6, 6.07) is 10.3. The quantitative estimate of drug-likeness (QED) is 0.523. The van der Waals surface area contributed by atoms with Gasteiger partial charge >= 0.3 is 0 Å². The molecule has 0 bridgehead atoms. The lowest BCUT2D eigenvalue weighted by Gasteiger charge is -2.16. The number of rotatable bonds is 7. The average Bonchev–Trinajstić information content (AvgIpc) is 3.25. The summed E-state index contributed by atoms with van der Waals surface area (Å²) in [7, 11) is 4.63. The van der Waals surface area contributed by atoms with Crippen molar-refractivity contribution < 1.29 is 19.1 Å². The monoisotopic (exact) mass is 479 g/mol. The third-order valence-corrected chi connectivity index (χ3v) is 5.83. The number of hydrogen-bond donors (Lipinski definition) is 1. The Kier molecular flexibility index (Phi) is 7.37. The Morgan fingerprint density at radius 3 is 2.42 bits per heavy atom. The van der Waals surface area contributed by atoms with Crippen LogP contribution in [0.2, 0.25) is 10.0 Å². The van der Waals surface area contributed by atoms with Gasteiger partial charge in [-0.05, 0) is 30.3 Å². The first kappa shape index (κ1) is 22.9. The Balaban J connectivity index is 1.69. The van der Waals surface area contributed by atoms with Gasteiger partial charge in [0.25, 0.3) is 5.91 Å². The van der Waals surface area contributed by atoms with Crippen LogP contribution in [0.3, 0.4) is 0 Å². The van der Waals surface area contributed by atoms with Gasteiger partial charge in [-0.1, -0.05) is 29.3 Å². The predicted octanol–water partition coefficient (Wildman–Crippen LogP) is 4.84. The number of carbonyl (C=O) groups is 2. The van der Waals surface area contributed by atoms with Crippen LogP contribution in [0.4, 0.5) is 5.69 Å². The number of aromatic nitrogens is 1. The average molecular weight is 480 g/mol. The molecule has 0 spiro atoms. The molecule has 1 heterocycles. The minimum Gasteiger partial charge on any atom is -0.493 e. The molecule has 0 atom stereocenters. The van der Waals surface area contributed by atoms with Gasteiger partial charge in [0.2, 0.25) is 5.91 Å². The van der Waals surface area contributed by atoms with Crippen LogP contribution >= 0.6 is 34.5 Å². The lowest BCUT2D eigenvalue weighted by Crippen LogP contribution is -2.35. The van der Waals surface area contributed by atoms with Gasteiger partial charge in [-0.3, -0.25) is 9.59 Å². The van der Waals surface area contributed by atoms with Gasteiger partial charge in [0.1, 0.15) is 10.7 Å². The van der Waals surface area contributed by atoms with Crippen molar-refractivity contribution in [3.05, 3.63) is 57.5 Å². The number of para-hydroxylation sites is 1. The molecule has 0 saturated heterocycles. The highest BCUT2D eigenvalue weighted by Crippen LogP contribution is 2.34. The van der Waals surface area contributed by atoms with Crippen LogP contribution in [0.1, 0.15) is 10.5 Å². The van der Waals surface area contributed by atoms with E-state index in [0.29, 0.717) is 32.2 Å². The second kappa shape index (κ2) is 10.00. The molecule has 0 aliphatic heterocycles. The first-order valence-electron chi connectivity index (χ1n) is 9.01. The molecule has 3 aromatic rings. The molecule has 2 amide bonds. The van der Waals surface area contributed by atoms with Gasteiger partial charge in [0.05, 0.1) is 36.5 Å². The number of ether oxygens (including phenoxy) is 2. The van der Waals surface area contributed by atoms with Gasteiger partial charge in [0.15, 0.2) is 11.5 Å². The van der Waals surface area contributed by atoms with E-state index in [1.807, 2.05) is 6.07 Å². The van der Waals surface area contributed by atoms with E-state index in [1.165, 1.54) is 23.3 Å². The lowest BCUT2D eigenvalue weighted by atomic mass is 10.2. The zero-order chi connectivity index (χ0) is 22.5. The number of benzene rings is 2. The van der Waals surface area contributed by atoms with Crippen molar-refractivity contribution >= 4 is 52.0 Å². The van der Waals surface area contributed by atoms with Crippen molar-refractivity contribution in [2.45, 2.75) is 0 Å². The third kappa shape index (κ3) is 5.28. The first-order valence-corrected chi connectivity index (χ1v) is 10.6. The normalized spacial score (nSPS) is 10.5. The molecule has 10 heteroatoms. The highest BCUT2D eigenvalue weighted by molar-refractivity contribution is 7.13. The number of thiazole rings is 1. The standard InChI is InChI=1S/C21H19Cl2N3O4S/c1-26(10-18(27)25-19-13(22)5-4-6-14(19)23)21(28)15-11-31-20(24-15)12-7-8-16(29-2)17(9-12)30-3/h4-9,11H,10H2,1-3H3,(H,25,27). The van der Waals surface area contributed by atoms with Crippen LogP contribution in [0.5, 0.6) is 11.5 Å². The zero-order valence-corrected chi connectivity index (χ0v) is 19.3. The summed E-state index contributed by atoms with van der Waals surface area (Å²) in [4.78, 5) is 30.8. The second-order valence-corrected chi connectivity index (χ2v) is 8.09. The van der Waals surface area contributed by atoms with Crippen LogP contribution in [0.25, 0.3) is 10.6 Å². The molecular formula is C21H19Cl2N3O4S. The van der Waals surface area contributed by atoms with E-state index in [9.17, 15) is 9.59 Å². The summed E-state index contributed by atoms with van der Waals surface area (Å²) in [5, 5.41) is 5.55. The molecule has 1 aromatic heterocycles. The molecule has 0 unspecified atom stereocenters. The Labute approximate surface area is 193 Å². The van der Waals surface area contributed by atoms with Gasteiger partial charge in [-0.15, -0.1) is 11.3 Å². The van der Waals surface area contributed by atoms with Crippen molar-refractivity contribution in [3.63, 3.8) is 0 Å². The fraction of sp³-hybridized carbons (Fsp3) is 0.190. The number of methoxy groups -OCH3 is 2. The number of likely N-dealkylation sites (N-methyl/N-ethyl adjacent to an activating group) is 1. The van der Waals surface area contributed by atoms with E-state index in [1.54, 1.807) is 49.9 Å². The maximum Gasteiger partial charge on any atom is 0.273 e. The summed E-state index contributed by atoms with van der Waals surface area (Å²) in [5.74, 6) is 0.350. The molecule has 1 N–H and O–H groups in total. The minimum atomic E-state index is -0.429. The lowest BCUT2D eigenvalue weighted by molar-refractivity contribution is -0.116. The molecular weight excluding hydrogens is 461 g/mol. The Morgan fingerprint density at radius 1 is 1.10 bits per heavy atom. The number of amides is 2. The fourth-order valence-corrected chi connectivity index (χ4v) is 4.04. The number of carbonyl (C=O) groups excluding carboxylic acids is 2. The summed E-state index contributed by atoms with van der Waals surface area (Å²) in [6.07, 6.45) is 0. The van der Waals surface area contributed by atoms with Crippen LogP contribution in [0, 0.1) is 0 Å². The molecule has 162 valence electrons. The number of anilines is 1. The van der Waals surface area contributed by atoms with Crippen molar-refractivity contribution in [1.82, 2.24) is 9.88 Å². The molecule has 0 aliphatic carbocycles. The molecule has 7 nitrogen and oxygen atoms in total. The van der Waals surface area contributed by atoms with Crippen molar-refractivity contribution in [1.29, 1.82) is 0 Å². The number of nitrogens with zero attached hydrogens (tertiary/aromatic N) is 2. The first-order chi connectivity index (χ1) is 14.8. The van der Waals surface area contributed by atoms with Gasteiger partial charge < -0.3 is 19.7 Å². The van der Waals surface area contributed by atoms with Gasteiger partial charge in [-0.25, -0.2) is 4.98 Å². The Hall–Kier alpha value is -2.81. The molecule has 0 radical (unpaired) electrons.